The maximum Gasteiger partial charge on any atom is 0.219 e. The summed E-state index contributed by atoms with van der Waals surface area (Å²) in [6.07, 6.45) is 7.68. The molecule has 6 nitrogen and oxygen atoms in total. The van der Waals surface area contributed by atoms with Crippen LogP contribution >= 0.6 is 11.8 Å². The molecule has 0 spiro atoms. The molecule has 3 rings (SSSR count). The lowest BCUT2D eigenvalue weighted by atomic mass is 10.2. The first-order valence-corrected chi connectivity index (χ1v) is 11.9. The second-order valence-electron chi connectivity index (χ2n) is 7.19. The molecule has 0 amide bonds. The molecule has 2 atom stereocenters. The van der Waals surface area contributed by atoms with E-state index < -0.39 is 0 Å². The van der Waals surface area contributed by atoms with Crippen LogP contribution in [0.1, 0.15) is 38.7 Å². The fraction of sp³-hybridized carbons (Fsp3) is 0.478. The number of thioether (sulfide) groups is 1. The van der Waals surface area contributed by atoms with Crippen LogP contribution in [0.3, 0.4) is 0 Å². The number of benzene rings is 1. The first kappa shape index (κ1) is 22.3. The Morgan fingerprint density at radius 3 is 2.67 bits per heavy atom. The van der Waals surface area contributed by atoms with E-state index in [0.717, 1.165) is 23.3 Å². The van der Waals surface area contributed by atoms with E-state index in [0.29, 0.717) is 36.6 Å². The maximum absolute atomic E-state index is 5.89. The lowest BCUT2D eigenvalue weighted by Crippen LogP contribution is -2.42. The molecule has 0 saturated heterocycles. The molecular weight excluding hydrogens is 396 g/mol. The first-order chi connectivity index (χ1) is 14.7. The van der Waals surface area contributed by atoms with E-state index in [-0.39, 0.29) is 0 Å². The van der Waals surface area contributed by atoms with Gasteiger partial charge in [-0.3, -0.25) is 0 Å². The largest absolute Gasteiger partial charge is 0.490 e. The van der Waals surface area contributed by atoms with Crippen molar-refractivity contribution in [2.75, 3.05) is 19.4 Å². The summed E-state index contributed by atoms with van der Waals surface area (Å²) in [7, 11) is 0. The number of aliphatic imine (C=N–C) groups is 1. The van der Waals surface area contributed by atoms with Crippen LogP contribution in [-0.2, 0) is 6.54 Å². The van der Waals surface area contributed by atoms with Crippen molar-refractivity contribution in [2.24, 2.45) is 4.99 Å². The molecule has 1 aliphatic rings. The summed E-state index contributed by atoms with van der Waals surface area (Å²) < 4.78 is 11.5. The average molecular weight is 429 g/mol. The van der Waals surface area contributed by atoms with E-state index in [4.69, 9.17) is 14.5 Å². The molecule has 1 aliphatic carbocycles. The van der Waals surface area contributed by atoms with Crippen LogP contribution in [0.4, 0.5) is 0 Å². The van der Waals surface area contributed by atoms with Crippen molar-refractivity contribution < 1.29 is 9.47 Å². The van der Waals surface area contributed by atoms with Gasteiger partial charge in [0.1, 0.15) is 0 Å². The average Bonchev–Trinajstić information content (AvgIpc) is 3.22. The number of hydrogen-bond acceptors (Lipinski definition) is 5. The quantitative estimate of drug-likeness (QED) is 0.449. The Morgan fingerprint density at radius 1 is 1.17 bits per heavy atom. The Labute approximate surface area is 183 Å². The number of ether oxygens (including phenoxy) is 2. The van der Waals surface area contributed by atoms with E-state index in [1.165, 1.54) is 19.3 Å². The van der Waals surface area contributed by atoms with Crippen molar-refractivity contribution in [2.45, 2.75) is 50.9 Å². The molecule has 1 heterocycles. The highest BCUT2D eigenvalue weighted by atomic mass is 32.2. The topological polar surface area (TPSA) is 67.8 Å². The first-order valence-electron chi connectivity index (χ1n) is 10.6. The van der Waals surface area contributed by atoms with Crippen LogP contribution in [-0.4, -0.2) is 41.6 Å². The summed E-state index contributed by atoms with van der Waals surface area (Å²) in [4.78, 5) is 9.17. The molecule has 0 aliphatic heterocycles. The monoisotopic (exact) mass is 428 g/mol. The molecular formula is C23H32N4O2S. The Balaban J connectivity index is 1.58. The molecule has 7 heteroatoms. The highest BCUT2D eigenvalue weighted by Crippen LogP contribution is 2.30. The van der Waals surface area contributed by atoms with Gasteiger partial charge in [-0.25, -0.2) is 9.98 Å². The normalized spacial score (nSPS) is 18.8. The van der Waals surface area contributed by atoms with Gasteiger partial charge in [0.25, 0.3) is 0 Å². The summed E-state index contributed by atoms with van der Waals surface area (Å²) in [6.45, 7) is 6.04. The predicted molar refractivity (Wildman–Crippen MR) is 125 cm³/mol. The van der Waals surface area contributed by atoms with Crippen LogP contribution in [0.2, 0.25) is 0 Å². The van der Waals surface area contributed by atoms with Crippen LogP contribution in [0.15, 0.2) is 47.6 Å². The zero-order valence-corrected chi connectivity index (χ0v) is 18.9. The fourth-order valence-corrected chi connectivity index (χ4v) is 4.25. The number of nitrogens with zero attached hydrogens (tertiary/aromatic N) is 2. The minimum absolute atomic E-state index is 0.500. The number of hydrogen-bond donors (Lipinski definition) is 2. The summed E-state index contributed by atoms with van der Waals surface area (Å²) in [5, 5.41) is 7.69. The molecule has 1 saturated carbocycles. The molecule has 2 N–H and O–H groups in total. The molecule has 2 unspecified atom stereocenters. The third kappa shape index (κ3) is 6.55. The highest BCUT2D eigenvalue weighted by molar-refractivity contribution is 7.99. The van der Waals surface area contributed by atoms with Gasteiger partial charge in [0.2, 0.25) is 5.88 Å². The lowest BCUT2D eigenvalue weighted by molar-refractivity contribution is 0.319. The number of aromatic nitrogens is 1. The molecule has 2 aromatic rings. The smallest absolute Gasteiger partial charge is 0.219 e. The third-order valence-corrected chi connectivity index (χ3v) is 6.08. The zero-order valence-electron chi connectivity index (χ0n) is 18.1. The van der Waals surface area contributed by atoms with Crippen LogP contribution in [0, 0.1) is 0 Å². The van der Waals surface area contributed by atoms with Gasteiger partial charge in [-0.15, -0.1) is 0 Å². The predicted octanol–water partition coefficient (Wildman–Crippen LogP) is 4.61. The number of nitrogens with one attached hydrogen (secondary N) is 2. The van der Waals surface area contributed by atoms with Gasteiger partial charge in [-0.1, -0.05) is 18.2 Å². The molecule has 1 aromatic heterocycles. The van der Waals surface area contributed by atoms with Gasteiger partial charge in [0.05, 0.1) is 13.2 Å². The Bertz CT molecular complexity index is 813. The Morgan fingerprint density at radius 2 is 2.00 bits per heavy atom. The third-order valence-electron chi connectivity index (χ3n) is 4.98. The van der Waals surface area contributed by atoms with Crippen molar-refractivity contribution in [1.82, 2.24) is 15.6 Å². The van der Waals surface area contributed by atoms with Crippen molar-refractivity contribution in [1.29, 1.82) is 0 Å². The number of rotatable bonds is 9. The second kappa shape index (κ2) is 11.7. The van der Waals surface area contributed by atoms with Crippen molar-refractivity contribution in [3.8, 4) is 17.4 Å². The Hall–Kier alpha value is -2.41. The minimum Gasteiger partial charge on any atom is -0.490 e. The van der Waals surface area contributed by atoms with Gasteiger partial charge in [-0.2, -0.15) is 11.8 Å². The maximum atomic E-state index is 5.89. The summed E-state index contributed by atoms with van der Waals surface area (Å²) in [5.74, 6) is 2.79. The molecule has 30 heavy (non-hydrogen) atoms. The SMILES string of the molecule is CCNC(=NCc1ccc(Oc2ccccc2OCC)nc1)NC1CCC(SC)C1. The molecule has 1 aromatic carbocycles. The summed E-state index contributed by atoms with van der Waals surface area (Å²) in [5.41, 5.74) is 1.03. The van der Waals surface area contributed by atoms with Crippen LogP contribution in [0.5, 0.6) is 17.4 Å². The van der Waals surface area contributed by atoms with Gasteiger partial charge < -0.3 is 20.1 Å². The summed E-state index contributed by atoms with van der Waals surface area (Å²) >= 11 is 1.96. The van der Waals surface area contributed by atoms with E-state index in [1.807, 2.05) is 61.3 Å². The number of para-hydroxylation sites is 2. The fourth-order valence-electron chi connectivity index (χ4n) is 3.46. The van der Waals surface area contributed by atoms with E-state index in [9.17, 15) is 0 Å². The highest BCUT2D eigenvalue weighted by Gasteiger charge is 2.24. The Kier molecular flexibility index (Phi) is 8.68. The van der Waals surface area contributed by atoms with E-state index in [1.54, 1.807) is 0 Å². The minimum atomic E-state index is 0.500. The van der Waals surface area contributed by atoms with Crippen LogP contribution in [0.25, 0.3) is 0 Å². The van der Waals surface area contributed by atoms with Gasteiger partial charge in [0, 0.05) is 30.1 Å². The zero-order chi connectivity index (χ0) is 21.2. The van der Waals surface area contributed by atoms with E-state index in [2.05, 4.69) is 28.8 Å². The van der Waals surface area contributed by atoms with E-state index >= 15 is 0 Å². The number of guanidine groups is 1. The molecule has 0 bridgehead atoms. The standard InChI is InChI=1S/C23H32N4O2S/c1-4-24-23(27-18-11-12-19(14-18)30-3)26-16-17-10-13-22(25-15-17)29-21-9-7-6-8-20(21)28-5-2/h6-10,13,15,18-19H,4-5,11-12,14,16H2,1-3H3,(H2,24,26,27). The van der Waals surface area contributed by atoms with Crippen molar-refractivity contribution in [3.63, 3.8) is 0 Å². The lowest BCUT2D eigenvalue weighted by Gasteiger charge is -2.17. The summed E-state index contributed by atoms with van der Waals surface area (Å²) in [6, 6.07) is 12.0. The molecule has 1 fully saturated rings. The van der Waals surface area contributed by atoms with Crippen LogP contribution < -0.4 is 20.1 Å². The molecule has 162 valence electrons. The molecule has 0 radical (unpaired) electrons. The second-order valence-corrected chi connectivity index (χ2v) is 8.33. The van der Waals surface area contributed by atoms with Gasteiger partial charge in [-0.05, 0) is 57.1 Å². The van der Waals surface area contributed by atoms with Crippen molar-refractivity contribution >= 4 is 17.7 Å². The van der Waals surface area contributed by atoms with Gasteiger partial charge >= 0.3 is 0 Å². The number of pyridine rings is 1. The van der Waals surface area contributed by atoms with Gasteiger partial charge in [0.15, 0.2) is 17.5 Å². The van der Waals surface area contributed by atoms with Crippen molar-refractivity contribution in [3.05, 3.63) is 48.2 Å².